The molecule has 2 amide bonds. The fraction of sp³-hybridized carbons (Fsp3) is 0.556. The van der Waals surface area contributed by atoms with E-state index in [9.17, 15) is 9.59 Å². The highest BCUT2D eigenvalue weighted by molar-refractivity contribution is 7.20. The molecule has 1 aliphatic carbocycles. The van der Waals surface area contributed by atoms with Crippen molar-refractivity contribution in [1.82, 2.24) is 9.80 Å². The Morgan fingerprint density at radius 2 is 1.92 bits per heavy atom. The largest absolute Gasteiger partial charge is 0.463 e. The summed E-state index contributed by atoms with van der Waals surface area (Å²) in [5, 5.41) is 0. The van der Waals surface area contributed by atoms with Crippen LogP contribution in [0.4, 0.5) is 0 Å². The van der Waals surface area contributed by atoms with Crippen LogP contribution >= 0.6 is 23.7 Å². The second-order valence-electron chi connectivity index (χ2n) is 6.99. The number of nitrogens with zero attached hydrogens (tertiary/aromatic N) is 2. The molecule has 0 aromatic carbocycles. The van der Waals surface area contributed by atoms with Gasteiger partial charge < -0.3 is 20.0 Å². The van der Waals surface area contributed by atoms with E-state index in [-0.39, 0.29) is 30.3 Å². The molecule has 1 aliphatic heterocycles. The second kappa shape index (κ2) is 7.98. The van der Waals surface area contributed by atoms with Crippen LogP contribution in [0.3, 0.4) is 0 Å². The molecule has 26 heavy (non-hydrogen) atoms. The van der Waals surface area contributed by atoms with E-state index in [1.165, 1.54) is 11.3 Å². The molecular weight excluding hydrogens is 374 g/mol. The summed E-state index contributed by atoms with van der Waals surface area (Å²) >= 11 is 1.45. The molecular formula is C18H24ClN3O3S. The number of hydrogen-bond donors (Lipinski definition) is 1. The van der Waals surface area contributed by atoms with Crippen LogP contribution in [0.15, 0.2) is 22.8 Å². The molecule has 0 spiro atoms. The van der Waals surface area contributed by atoms with E-state index in [1.807, 2.05) is 15.9 Å². The van der Waals surface area contributed by atoms with Gasteiger partial charge in [-0.1, -0.05) is 6.42 Å². The zero-order valence-corrected chi connectivity index (χ0v) is 16.2. The Kier molecular flexibility index (Phi) is 5.89. The number of hydrogen-bond acceptors (Lipinski definition) is 5. The molecule has 1 saturated heterocycles. The molecule has 3 heterocycles. The highest BCUT2D eigenvalue weighted by Crippen LogP contribution is 2.29. The molecule has 1 saturated carbocycles. The Labute approximate surface area is 162 Å². The number of carbonyl (C=O) groups excluding carboxylic acids is 2. The topological polar surface area (TPSA) is 79.8 Å². The number of furan rings is 1. The molecule has 6 nitrogen and oxygen atoms in total. The quantitative estimate of drug-likeness (QED) is 0.863. The van der Waals surface area contributed by atoms with Crippen LogP contribution in [-0.4, -0.2) is 53.8 Å². The lowest BCUT2D eigenvalue weighted by atomic mass is 9.99. The Morgan fingerprint density at radius 3 is 2.58 bits per heavy atom. The molecule has 2 fully saturated rings. The number of carbonyl (C=O) groups is 2. The molecule has 2 atom stereocenters. The molecule has 0 radical (unpaired) electrons. The molecule has 2 aliphatic rings. The van der Waals surface area contributed by atoms with E-state index in [4.69, 9.17) is 10.2 Å². The van der Waals surface area contributed by atoms with Gasteiger partial charge in [-0.05, 0) is 24.8 Å². The number of thiophene rings is 1. The predicted molar refractivity (Wildman–Crippen MR) is 104 cm³/mol. The van der Waals surface area contributed by atoms with Crippen LogP contribution in [0.5, 0.6) is 0 Å². The summed E-state index contributed by atoms with van der Waals surface area (Å²) < 4.78 is 6.32. The second-order valence-corrected chi connectivity index (χ2v) is 8.08. The van der Waals surface area contributed by atoms with Crippen molar-refractivity contribution in [3.63, 3.8) is 0 Å². The zero-order chi connectivity index (χ0) is 17.4. The monoisotopic (exact) mass is 397 g/mol. The average molecular weight is 398 g/mol. The number of nitrogens with two attached hydrogens (primary N) is 1. The minimum Gasteiger partial charge on any atom is -0.463 e. The van der Waals surface area contributed by atoms with E-state index in [2.05, 4.69) is 0 Å². The molecule has 0 unspecified atom stereocenters. The maximum Gasteiger partial charge on any atom is 0.264 e. The van der Waals surface area contributed by atoms with E-state index in [1.54, 1.807) is 12.3 Å². The number of halogens is 1. The van der Waals surface area contributed by atoms with Crippen molar-refractivity contribution < 1.29 is 14.0 Å². The third-order valence-electron chi connectivity index (χ3n) is 5.42. The number of piperazine rings is 1. The normalized spacial score (nSPS) is 23.3. The Morgan fingerprint density at radius 1 is 1.19 bits per heavy atom. The molecule has 0 bridgehead atoms. The predicted octanol–water partition coefficient (Wildman–Crippen LogP) is 2.72. The van der Waals surface area contributed by atoms with Crippen molar-refractivity contribution in [1.29, 1.82) is 0 Å². The lowest BCUT2D eigenvalue weighted by Gasteiger charge is -2.35. The molecule has 142 valence electrons. The standard InChI is InChI=1S/C18H23N3O3S.ClH/c19-13-3-1-2-12(13)10-17(22)20-5-7-21(8-6-20)18(23)16-11-14-15(25-16)4-9-24-14;/h4,9,11-13H,1-3,5-8,10,19H2;1H/t12-,13+;/m0./s1. The molecule has 4 rings (SSSR count). The van der Waals surface area contributed by atoms with Gasteiger partial charge >= 0.3 is 0 Å². The lowest BCUT2D eigenvalue weighted by Crippen LogP contribution is -2.51. The van der Waals surface area contributed by atoms with E-state index >= 15 is 0 Å². The summed E-state index contributed by atoms with van der Waals surface area (Å²) in [6.07, 6.45) is 5.41. The molecule has 8 heteroatoms. The summed E-state index contributed by atoms with van der Waals surface area (Å²) in [7, 11) is 0. The summed E-state index contributed by atoms with van der Waals surface area (Å²) in [6, 6.07) is 3.85. The Balaban J connectivity index is 0.00000196. The van der Waals surface area contributed by atoms with Gasteiger partial charge in [0.2, 0.25) is 5.91 Å². The first-order valence-corrected chi connectivity index (χ1v) is 9.73. The van der Waals surface area contributed by atoms with Crippen molar-refractivity contribution in [3.05, 3.63) is 23.3 Å². The number of rotatable bonds is 3. The minimum absolute atomic E-state index is 0. The molecule has 2 aromatic rings. The van der Waals surface area contributed by atoms with Crippen molar-refractivity contribution in [2.45, 2.75) is 31.7 Å². The van der Waals surface area contributed by atoms with E-state index in [0.29, 0.717) is 43.4 Å². The Bertz CT molecular complexity index is 753. The smallest absolute Gasteiger partial charge is 0.264 e. The zero-order valence-electron chi connectivity index (χ0n) is 14.6. The summed E-state index contributed by atoms with van der Waals surface area (Å²) in [5.74, 6) is 0.540. The summed E-state index contributed by atoms with van der Waals surface area (Å²) in [5.41, 5.74) is 6.84. The highest BCUT2D eigenvalue weighted by Gasteiger charge is 2.30. The van der Waals surface area contributed by atoms with Crippen molar-refractivity contribution in [2.75, 3.05) is 26.2 Å². The lowest BCUT2D eigenvalue weighted by molar-refractivity contribution is -0.133. The third-order valence-corrected chi connectivity index (χ3v) is 6.49. The third kappa shape index (κ3) is 3.75. The number of amides is 2. The summed E-state index contributed by atoms with van der Waals surface area (Å²) in [4.78, 5) is 29.5. The van der Waals surface area contributed by atoms with Gasteiger partial charge in [-0.15, -0.1) is 23.7 Å². The van der Waals surface area contributed by atoms with Crippen LogP contribution in [-0.2, 0) is 4.79 Å². The van der Waals surface area contributed by atoms with Gasteiger partial charge in [0.05, 0.1) is 15.8 Å². The molecule has 2 N–H and O–H groups in total. The fourth-order valence-electron chi connectivity index (χ4n) is 3.86. The van der Waals surface area contributed by atoms with E-state index < -0.39 is 0 Å². The van der Waals surface area contributed by atoms with Gasteiger partial charge in [0.15, 0.2) is 0 Å². The van der Waals surface area contributed by atoms with Gasteiger partial charge in [0.25, 0.3) is 5.91 Å². The van der Waals surface area contributed by atoms with Gasteiger partial charge in [0.1, 0.15) is 5.58 Å². The number of fused-ring (bicyclic) bond motifs is 1. The van der Waals surface area contributed by atoms with Gasteiger partial charge in [-0.25, -0.2) is 0 Å². The van der Waals surface area contributed by atoms with Gasteiger partial charge in [-0.2, -0.15) is 0 Å². The fourth-order valence-corrected chi connectivity index (χ4v) is 4.81. The van der Waals surface area contributed by atoms with Gasteiger partial charge in [0, 0.05) is 44.7 Å². The van der Waals surface area contributed by atoms with Crippen molar-refractivity contribution in [2.24, 2.45) is 11.7 Å². The minimum atomic E-state index is 0. The maximum absolute atomic E-state index is 12.6. The Hall–Kier alpha value is -1.57. The first kappa shape index (κ1) is 19.2. The van der Waals surface area contributed by atoms with Crippen LogP contribution in [0, 0.1) is 5.92 Å². The maximum atomic E-state index is 12.6. The first-order chi connectivity index (χ1) is 12.1. The SMILES string of the molecule is Cl.N[C@@H]1CCC[C@H]1CC(=O)N1CCN(C(=O)c2cc3occc3s2)CC1. The van der Waals surface area contributed by atoms with Crippen molar-refractivity contribution in [3.8, 4) is 0 Å². The van der Waals surface area contributed by atoms with Crippen LogP contribution in [0.2, 0.25) is 0 Å². The van der Waals surface area contributed by atoms with Crippen LogP contribution in [0.1, 0.15) is 35.4 Å². The van der Waals surface area contributed by atoms with Crippen LogP contribution < -0.4 is 5.73 Å². The summed E-state index contributed by atoms with van der Waals surface area (Å²) in [6.45, 7) is 2.38. The van der Waals surface area contributed by atoms with E-state index in [0.717, 1.165) is 29.5 Å². The first-order valence-electron chi connectivity index (χ1n) is 8.91. The molecule has 2 aromatic heterocycles. The van der Waals surface area contributed by atoms with Crippen molar-refractivity contribution >= 4 is 45.8 Å². The van der Waals surface area contributed by atoms with Gasteiger partial charge in [-0.3, -0.25) is 9.59 Å². The van der Waals surface area contributed by atoms with Crippen LogP contribution in [0.25, 0.3) is 10.3 Å². The average Bonchev–Trinajstić information content (AvgIpc) is 3.31. The highest BCUT2D eigenvalue weighted by atomic mass is 35.5.